The standard InChI is InChI=1S/C12H9N3O2/c13-6-5-9-2-1-8(3-4-10(16)17)11-12(9)15-7-14-11/h1-4,7H,5H2,(H,14,15)(H,16,17). The van der Waals surface area contributed by atoms with Crippen LogP contribution in [0.5, 0.6) is 0 Å². The summed E-state index contributed by atoms with van der Waals surface area (Å²) in [5.41, 5.74) is 3.02. The number of fused-ring (bicyclic) bond motifs is 1. The van der Waals surface area contributed by atoms with Crippen molar-refractivity contribution >= 4 is 23.1 Å². The second kappa shape index (κ2) is 4.49. The Morgan fingerprint density at radius 2 is 2.41 bits per heavy atom. The highest BCUT2D eigenvalue weighted by atomic mass is 16.4. The molecule has 0 bridgehead atoms. The minimum Gasteiger partial charge on any atom is -0.478 e. The van der Waals surface area contributed by atoms with Gasteiger partial charge in [-0.15, -0.1) is 0 Å². The van der Waals surface area contributed by atoms with Crippen LogP contribution < -0.4 is 0 Å². The minimum atomic E-state index is -1.00. The highest BCUT2D eigenvalue weighted by Gasteiger charge is 2.06. The Balaban J connectivity index is 2.54. The zero-order valence-electron chi connectivity index (χ0n) is 8.84. The maximum Gasteiger partial charge on any atom is 0.328 e. The fourth-order valence-corrected chi connectivity index (χ4v) is 1.64. The van der Waals surface area contributed by atoms with Crippen LogP contribution in [0.4, 0.5) is 0 Å². The Morgan fingerprint density at radius 3 is 3.12 bits per heavy atom. The van der Waals surface area contributed by atoms with E-state index in [1.807, 2.05) is 0 Å². The van der Waals surface area contributed by atoms with Gasteiger partial charge in [0.1, 0.15) is 0 Å². The molecule has 1 aromatic heterocycles. The molecule has 2 N–H and O–H groups in total. The highest BCUT2D eigenvalue weighted by Crippen LogP contribution is 2.20. The third-order valence-corrected chi connectivity index (χ3v) is 2.37. The molecular formula is C12H9N3O2. The van der Waals surface area contributed by atoms with Crippen molar-refractivity contribution < 1.29 is 9.90 Å². The number of carbonyl (C=O) groups is 1. The summed E-state index contributed by atoms with van der Waals surface area (Å²) in [6, 6.07) is 5.63. The van der Waals surface area contributed by atoms with Crippen LogP contribution in [0.1, 0.15) is 11.1 Å². The van der Waals surface area contributed by atoms with Crippen LogP contribution in [-0.2, 0) is 11.2 Å². The number of rotatable bonds is 3. The number of imidazole rings is 1. The normalized spacial score (nSPS) is 10.8. The molecule has 0 aliphatic rings. The van der Waals surface area contributed by atoms with Crippen LogP contribution in [0, 0.1) is 11.3 Å². The molecule has 0 aliphatic carbocycles. The summed E-state index contributed by atoms with van der Waals surface area (Å²) in [7, 11) is 0. The Bertz CT molecular complexity index is 635. The molecule has 5 heteroatoms. The number of nitrogens with one attached hydrogen (secondary N) is 1. The van der Waals surface area contributed by atoms with Gasteiger partial charge in [0.15, 0.2) is 0 Å². The van der Waals surface area contributed by atoms with Gasteiger partial charge in [-0.05, 0) is 11.6 Å². The molecule has 0 fully saturated rings. The zero-order chi connectivity index (χ0) is 12.3. The minimum absolute atomic E-state index is 0.282. The summed E-state index contributed by atoms with van der Waals surface area (Å²) >= 11 is 0. The average molecular weight is 227 g/mol. The number of nitrogens with zero attached hydrogens (tertiary/aromatic N) is 2. The molecular weight excluding hydrogens is 218 g/mol. The van der Waals surface area contributed by atoms with Gasteiger partial charge in [-0.3, -0.25) is 0 Å². The number of carboxylic acids is 1. The summed E-state index contributed by atoms with van der Waals surface area (Å²) in [5, 5.41) is 17.3. The van der Waals surface area contributed by atoms with Crippen molar-refractivity contribution in [3.63, 3.8) is 0 Å². The van der Waals surface area contributed by atoms with Crippen LogP contribution in [0.3, 0.4) is 0 Å². The maximum absolute atomic E-state index is 10.5. The van der Waals surface area contributed by atoms with Crippen LogP contribution in [0.25, 0.3) is 17.1 Å². The predicted octanol–water partition coefficient (Wildman–Crippen LogP) is 1.73. The number of hydrogen-bond acceptors (Lipinski definition) is 3. The number of hydrogen-bond donors (Lipinski definition) is 2. The molecule has 1 aromatic carbocycles. The van der Waals surface area contributed by atoms with Gasteiger partial charge in [-0.25, -0.2) is 9.78 Å². The van der Waals surface area contributed by atoms with E-state index in [4.69, 9.17) is 10.4 Å². The Hall–Kier alpha value is -2.61. The molecule has 17 heavy (non-hydrogen) atoms. The Labute approximate surface area is 97.0 Å². The zero-order valence-corrected chi connectivity index (χ0v) is 8.84. The summed E-state index contributed by atoms with van der Waals surface area (Å²) in [4.78, 5) is 17.5. The summed E-state index contributed by atoms with van der Waals surface area (Å²) < 4.78 is 0. The lowest BCUT2D eigenvalue weighted by molar-refractivity contribution is -0.131. The molecule has 0 unspecified atom stereocenters. The maximum atomic E-state index is 10.5. The van der Waals surface area contributed by atoms with E-state index in [1.165, 1.54) is 12.4 Å². The first-order chi connectivity index (χ1) is 8.22. The van der Waals surface area contributed by atoms with Gasteiger partial charge in [0.05, 0.1) is 29.9 Å². The first-order valence-corrected chi connectivity index (χ1v) is 4.95. The van der Waals surface area contributed by atoms with Crippen molar-refractivity contribution in [2.24, 2.45) is 0 Å². The van der Waals surface area contributed by atoms with E-state index < -0.39 is 5.97 Å². The average Bonchev–Trinajstić information content (AvgIpc) is 2.77. The topological polar surface area (TPSA) is 89.8 Å². The lowest BCUT2D eigenvalue weighted by atomic mass is 10.1. The van der Waals surface area contributed by atoms with E-state index in [9.17, 15) is 4.79 Å². The van der Waals surface area contributed by atoms with Crippen molar-refractivity contribution in [1.82, 2.24) is 9.97 Å². The number of nitriles is 1. The first kappa shape index (κ1) is 10.9. The Kier molecular flexibility index (Phi) is 2.88. The van der Waals surface area contributed by atoms with Crippen LogP contribution in [0.2, 0.25) is 0 Å². The molecule has 0 saturated carbocycles. The summed E-state index contributed by atoms with van der Waals surface area (Å²) in [6.07, 6.45) is 4.38. The highest BCUT2D eigenvalue weighted by molar-refractivity contribution is 5.92. The van der Waals surface area contributed by atoms with Gasteiger partial charge >= 0.3 is 5.97 Å². The van der Waals surface area contributed by atoms with Gasteiger partial charge in [0, 0.05) is 11.6 Å². The fraction of sp³-hybridized carbons (Fsp3) is 0.0833. The van der Waals surface area contributed by atoms with E-state index in [1.54, 1.807) is 12.1 Å². The number of carboxylic acid groups (broad SMARTS) is 1. The van der Waals surface area contributed by atoms with E-state index >= 15 is 0 Å². The summed E-state index contributed by atoms with van der Waals surface area (Å²) in [5.74, 6) is -1.00. The molecule has 5 nitrogen and oxygen atoms in total. The van der Waals surface area contributed by atoms with Crippen LogP contribution >= 0.6 is 0 Å². The van der Waals surface area contributed by atoms with Crippen molar-refractivity contribution in [3.8, 4) is 6.07 Å². The molecule has 1 heterocycles. The van der Waals surface area contributed by atoms with Crippen molar-refractivity contribution in [1.29, 1.82) is 5.26 Å². The molecule has 0 atom stereocenters. The number of aromatic amines is 1. The van der Waals surface area contributed by atoms with Crippen molar-refractivity contribution in [2.45, 2.75) is 6.42 Å². The van der Waals surface area contributed by atoms with Gasteiger partial charge in [-0.2, -0.15) is 5.26 Å². The number of H-pyrrole nitrogens is 1. The molecule has 2 aromatic rings. The quantitative estimate of drug-likeness (QED) is 0.781. The van der Waals surface area contributed by atoms with Gasteiger partial charge in [0.25, 0.3) is 0 Å². The van der Waals surface area contributed by atoms with Crippen molar-refractivity contribution in [2.75, 3.05) is 0 Å². The smallest absolute Gasteiger partial charge is 0.328 e. The van der Waals surface area contributed by atoms with Crippen molar-refractivity contribution in [3.05, 3.63) is 35.7 Å². The summed E-state index contributed by atoms with van der Waals surface area (Å²) in [6.45, 7) is 0. The second-order valence-electron chi connectivity index (χ2n) is 3.45. The molecule has 84 valence electrons. The third kappa shape index (κ3) is 2.16. The molecule has 0 amide bonds. The monoisotopic (exact) mass is 227 g/mol. The molecule has 2 rings (SSSR count). The van der Waals surface area contributed by atoms with Crippen LogP contribution in [-0.4, -0.2) is 21.0 Å². The second-order valence-corrected chi connectivity index (χ2v) is 3.45. The van der Waals surface area contributed by atoms with E-state index in [-0.39, 0.29) is 6.42 Å². The van der Waals surface area contributed by atoms with E-state index in [0.29, 0.717) is 5.52 Å². The first-order valence-electron chi connectivity index (χ1n) is 4.95. The lowest BCUT2D eigenvalue weighted by Gasteiger charge is -2.00. The number of benzene rings is 1. The fourth-order valence-electron chi connectivity index (χ4n) is 1.64. The van der Waals surface area contributed by atoms with Gasteiger partial charge < -0.3 is 10.1 Å². The lowest BCUT2D eigenvalue weighted by Crippen LogP contribution is -1.89. The van der Waals surface area contributed by atoms with E-state index in [2.05, 4.69) is 16.0 Å². The van der Waals surface area contributed by atoms with Crippen LogP contribution in [0.15, 0.2) is 24.5 Å². The third-order valence-electron chi connectivity index (χ3n) is 2.37. The predicted molar refractivity (Wildman–Crippen MR) is 62.1 cm³/mol. The SMILES string of the molecule is N#CCc1ccc(C=CC(=O)O)c2[nH]cnc12. The van der Waals surface area contributed by atoms with E-state index in [0.717, 1.165) is 22.7 Å². The Morgan fingerprint density at radius 1 is 1.59 bits per heavy atom. The number of aromatic nitrogens is 2. The van der Waals surface area contributed by atoms with Gasteiger partial charge in [0.2, 0.25) is 0 Å². The molecule has 0 radical (unpaired) electrons. The molecule has 0 aliphatic heterocycles. The largest absolute Gasteiger partial charge is 0.478 e. The molecule has 0 saturated heterocycles. The molecule has 0 spiro atoms. The van der Waals surface area contributed by atoms with Gasteiger partial charge in [-0.1, -0.05) is 12.1 Å². The number of aliphatic carboxylic acids is 1.